The number of amidine groups is 1. The lowest BCUT2D eigenvalue weighted by molar-refractivity contribution is -0.113. The van der Waals surface area contributed by atoms with Crippen LogP contribution in [0.1, 0.15) is 11.1 Å². The van der Waals surface area contributed by atoms with Gasteiger partial charge in [-0.1, -0.05) is 24.3 Å². The third-order valence-corrected chi connectivity index (χ3v) is 6.37. The van der Waals surface area contributed by atoms with Gasteiger partial charge in [-0.2, -0.15) is 4.99 Å². The van der Waals surface area contributed by atoms with Crippen molar-refractivity contribution in [2.45, 2.75) is 6.92 Å². The Balaban J connectivity index is 1.42. The Morgan fingerprint density at radius 3 is 2.37 bits per heavy atom. The molecule has 0 aliphatic carbocycles. The summed E-state index contributed by atoms with van der Waals surface area (Å²) in [5, 5.41) is 0.788. The number of para-hydroxylation sites is 1. The molecule has 6 nitrogen and oxygen atoms in total. The lowest BCUT2D eigenvalue weighted by atomic mass is 10.1. The van der Waals surface area contributed by atoms with E-state index >= 15 is 0 Å². The summed E-state index contributed by atoms with van der Waals surface area (Å²) >= 11 is 1.44. The van der Waals surface area contributed by atoms with Gasteiger partial charge < -0.3 is 19.3 Å². The Labute approximate surface area is 181 Å². The molecule has 2 aromatic carbocycles. The van der Waals surface area contributed by atoms with Gasteiger partial charge in [0.2, 0.25) is 0 Å². The van der Waals surface area contributed by atoms with Crippen LogP contribution in [0.4, 0.5) is 5.69 Å². The lowest BCUT2D eigenvalue weighted by Crippen LogP contribution is -2.48. The largest absolute Gasteiger partial charge is 0.493 e. The van der Waals surface area contributed by atoms with Crippen LogP contribution in [0.15, 0.2) is 52.4 Å². The van der Waals surface area contributed by atoms with E-state index in [4.69, 9.17) is 9.47 Å². The summed E-state index contributed by atoms with van der Waals surface area (Å²) in [6.45, 7) is 5.65. The molecule has 1 fully saturated rings. The number of carbonyl (C=O) groups is 1. The minimum atomic E-state index is -0.189. The second-order valence-electron chi connectivity index (χ2n) is 7.19. The lowest BCUT2D eigenvalue weighted by Gasteiger charge is -2.37. The summed E-state index contributed by atoms with van der Waals surface area (Å²) in [6, 6.07) is 14.1. The fourth-order valence-electron chi connectivity index (χ4n) is 3.68. The molecule has 2 aliphatic heterocycles. The molecule has 0 spiro atoms. The highest BCUT2D eigenvalue weighted by Gasteiger charge is 2.28. The number of hydrogen-bond donors (Lipinski definition) is 0. The zero-order chi connectivity index (χ0) is 21.1. The van der Waals surface area contributed by atoms with Gasteiger partial charge in [0.15, 0.2) is 16.7 Å². The van der Waals surface area contributed by atoms with E-state index in [0.29, 0.717) is 16.4 Å². The SMILES string of the molecule is COc1ccc(C=C2SC(N3CCN(c4ccccc4C)CC3)=NC2=O)cc1OC. The predicted octanol–water partition coefficient (Wildman–Crippen LogP) is 3.80. The first-order valence-electron chi connectivity index (χ1n) is 9.89. The maximum Gasteiger partial charge on any atom is 0.286 e. The van der Waals surface area contributed by atoms with Crippen LogP contribution in [0, 0.1) is 6.92 Å². The molecule has 2 aliphatic rings. The van der Waals surface area contributed by atoms with E-state index < -0.39 is 0 Å². The number of methoxy groups -OCH3 is 2. The number of benzene rings is 2. The maximum atomic E-state index is 12.5. The van der Waals surface area contributed by atoms with E-state index in [2.05, 4.69) is 46.0 Å². The minimum absolute atomic E-state index is 0.189. The quantitative estimate of drug-likeness (QED) is 0.697. The fourth-order valence-corrected chi connectivity index (χ4v) is 4.65. The number of aryl methyl sites for hydroxylation is 1. The van der Waals surface area contributed by atoms with Crippen molar-refractivity contribution < 1.29 is 14.3 Å². The van der Waals surface area contributed by atoms with E-state index in [1.54, 1.807) is 14.2 Å². The van der Waals surface area contributed by atoms with Crippen molar-refractivity contribution in [3.63, 3.8) is 0 Å². The molecule has 4 rings (SSSR count). The van der Waals surface area contributed by atoms with Crippen molar-refractivity contribution in [1.82, 2.24) is 4.90 Å². The van der Waals surface area contributed by atoms with Crippen molar-refractivity contribution in [3.05, 3.63) is 58.5 Å². The molecule has 1 amide bonds. The first-order valence-corrected chi connectivity index (χ1v) is 10.7. The molecule has 0 aromatic heterocycles. The Kier molecular flexibility index (Phi) is 5.99. The number of thioether (sulfide) groups is 1. The number of ether oxygens (including phenoxy) is 2. The molecule has 2 aromatic rings. The topological polar surface area (TPSA) is 54.4 Å². The van der Waals surface area contributed by atoms with Crippen molar-refractivity contribution in [1.29, 1.82) is 0 Å². The van der Waals surface area contributed by atoms with Gasteiger partial charge in [-0.3, -0.25) is 4.79 Å². The van der Waals surface area contributed by atoms with Crippen LogP contribution < -0.4 is 14.4 Å². The van der Waals surface area contributed by atoms with Crippen LogP contribution in [-0.4, -0.2) is 56.4 Å². The first-order chi connectivity index (χ1) is 14.6. The summed E-state index contributed by atoms with van der Waals surface area (Å²) in [5.74, 6) is 1.11. The zero-order valence-corrected chi connectivity index (χ0v) is 18.2. The summed E-state index contributed by atoms with van der Waals surface area (Å²) in [7, 11) is 3.20. The van der Waals surface area contributed by atoms with Gasteiger partial charge >= 0.3 is 0 Å². The molecule has 7 heteroatoms. The molecule has 0 saturated carbocycles. The van der Waals surface area contributed by atoms with Crippen molar-refractivity contribution in [3.8, 4) is 11.5 Å². The first kappa shape index (κ1) is 20.3. The summed E-state index contributed by atoms with van der Waals surface area (Å²) in [5.41, 5.74) is 3.45. The van der Waals surface area contributed by atoms with Gasteiger partial charge in [0.05, 0.1) is 19.1 Å². The van der Waals surface area contributed by atoms with Gasteiger partial charge in [0.25, 0.3) is 5.91 Å². The van der Waals surface area contributed by atoms with E-state index in [9.17, 15) is 4.79 Å². The van der Waals surface area contributed by atoms with E-state index in [0.717, 1.165) is 36.9 Å². The highest BCUT2D eigenvalue weighted by molar-refractivity contribution is 8.18. The summed E-state index contributed by atoms with van der Waals surface area (Å²) in [4.78, 5) is 22.0. The van der Waals surface area contributed by atoms with Crippen LogP contribution in [0.25, 0.3) is 6.08 Å². The second-order valence-corrected chi connectivity index (χ2v) is 8.19. The number of carbonyl (C=O) groups excluding carboxylic acids is 1. The number of rotatable bonds is 4. The second kappa shape index (κ2) is 8.83. The maximum absolute atomic E-state index is 12.5. The summed E-state index contributed by atoms with van der Waals surface area (Å²) < 4.78 is 10.6. The van der Waals surface area contributed by atoms with Crippen LogP contribution in [-0.2, 0) is 4.79 Å². The van der Waals surface area contributed by atoms with Crippen molar-refractivity contribution in [2.75, 3.05) is 45.3 Å². The minimum Gasteiger partial charge on any atom is -0.493 e. The molecule has 2 heterocycles. The van der Waals surface area contributed by atoms with Crippen LogP contribution in [0.5, 0.6) is 11.5 Å². The number of anilines is 1. The molecule has 1 saturated heterocycles. The average Bonchev–Trinajstić information content (AvgIpc) is 3.14. The number of piperazine rings is 1. The molecule has 30 heavy (non-hydrogen) atoms. The molecule has 0 N–H and O–H groups in total. The molecule has 0 unspecified atom stereocenters. The standard InChI is InChI=1S/C23H25N3O3S/c1-16-6-4-5-7-18(16)25-10-12-26(13-11-25)23-24-22(27)21(30-23)15-17-8-9-19(28-2)20(14-17)29-3/h4-9,14-15H,10-13H2,1-3H3. The molecule has 0 bridgehead atoms. The molecular formula is C23H25N3O3S. The predicted molar refractivity (Wildman–Crippen MR) is 123 cm³/mol. The van der Waals surface area contributed by atoms with E-state index in [1.165, 1.54) is 23.0 Å². The summed E-state index contributed by atoms with van der Waals surface area (Å²) in [6.07, 6.45) is 1.86. The molecular weight excluding hydrogens is 398 g/mol. The van der Waals surface area contributed by atoms with Crippen molar-refractivity contribution in [2.24, 2.45) is 4.99 Å². The number of nitrogens with zero attached hydrogens (tertiary/aromatic N) is 3. The molecule has 0 atom stereocenters. The van der Waals surface area contributed by atoms with E-state index in [1.807, 2.05) is 24.3 Å². The zero-order valence-electron chi connectivity index (χ0n) is 17.4. The average molecular weight is 424 g/mol. The van der Waals surface area contributed by atoms with Crippen molar-refractivity contribution >= 4 is 34.6 Å². The number of hydrogen-bond acceptors (Lipinski definition) is 6. The fraction of sp³-hybridized carbons (Fsp3) is 0.304. The van der Waals surface area contributed by atoms with Gasteiger partial charge in [-0.25, -0.2) is 0 Å². The Morgan fingerprint density at radius 1 is 0.967 bits per heavy atom. The number of aliphatic imine (C=N–C) groups is 1. The van der Waals surface area contributed by atoms with E-state index in [-0.39, 0.29) is 5.91 Å². The Bertz CT molecular complexity index is 1010. The van der Waals surface area contributed by atoms with Crippen LogP contribution >= 0.6 is 11.8 Å². The highest BCUT2D eigenvalue weighted by atomic mass is 32.2. The normalized spacial score (nSPS) is 18.0. The third-order valence-electron chi connectivity index (χ3n) is 5.32. The number of amides is 1. The highest BCUT2D eigenvalue weighted by Crippen LogP contribution is 2.33. The van der Waals surface area contributed by atoms with Crippen LogP contribution in [0.3, 0.4) is 0 Å². The van der Waals surface area contributed by atoms with Gasteiger partial charge in [-0.15, -0.1) is 0 Å². The smallest absolute Gasteiger partial charge is 0.286 e. The van der Waals surface area contributed by atoms with Crippen LogP contribution in [0.2, 0.25) is 0 Å². The Morgan fingerprint density at radius 2 is 1.67 bits per heavy atom. The molecule has 0 radical (unpaired) electrons. The third kappa shape index (κ3) is 4.16. The van der Waals surface area contributed by atoms with Gasteiger partial charge in [0.1, 0.15) is 0 Å². The molecule has 156 valence electrons. The van der Waals surface area contributed by atoms with Gasteiger partial charge in [-0.05, 0) is 54.1 Å². The monoisotopic (exact) mass is 423 g/mol. The van der Waals surface area contributed by atoms with Gasteiger partial charge in [0, 0.05) is 31.9 Å². The Hall–Kier alpha value is -2.93.